The van der Waals surface area contributed by atoms with Crippen molar-refractivity contribution < 1.29 is 39.6 Å². The van der Waals surface area contributed by atoms with Crippen LogP contribution < -0.4 is 15.5 Å². The highest BCUT2D eigenvalue weighted by atomic mass is 32.2. The van der Waals surface area contributed by atoms with Crippen molar-refractivity contribution in [2.75, 3.05) is 10.0 Å². The molecule has 14 heteroatoms. The third-order valence-corrected chi connectivity index (χ3v) is 5.01. The molecule has 0 bridgehead atoms. The summed E-state index contributed by atoms with van der Waals surface area (Å²) in [5.74, 6) is 0. The fourth-order valence-electron chi connectivity index (χ4n) is 2.35. The van der Waals surface area contributed by atoms with Crippen LogP contribution in [0.5, 0.6) is 0 Å². The first-order chi connectivity index (χ1) is 14.6. The third kappa shape index (κ3) is 6.35. The molecule has 2 aromatic rings. The summed E-state index contributed by atoms with van der Waals surface area (Å²) < 4.78 is 99.9. The van der Waals surface area contributed by atoms with Crippen LogP contribution in [0.4, 0.5) is 42.5 Å². The molecule has 32 heavy (non-hydrogen) atoms. The molecule has 0 saturated heterocycles. The molecule has 3 N–H and O–H groups in total. The Bertz CT molecular complexity index is 1130. The van der Waals surface area contributed by atoms with E-state index in [1.54, 1.807) is 6.92 Å². The van der Waals surface area contributed by atoms with E-state index in [4.69, 9.17) is 0 Å². The summed E-state index contributed by atoms with van der Waals surface area (Å²) in [6.45, 7) is 2.90. The van der Waals surface area contributed by atoms with Gasteiger partial charge in [-0.25, -0.2) is 10.2 Å². The molecule has 174 valence electrons. The van der Waals surface area contributed by atoms with Crippen LogP contribution in [0.25, 0.3) is 0 Å². The maximum absolute atomic E-state index is 12.7. The number of alkyl halides is 6. The quantitative estimate of drug-likeness (QED) is 0.324. The number of benzene rings is 2. The Kier molecular flexibility index (Phi) is 7.07. The molecule has 0 fully saturated rings. The zero-order chi connectivity index (χ0) is 24.3. The highest BCUT2D eigenvalue weighted by Crippen LogP contribution is 2.30. The van der Waals surface area contributed by atoms with Crippen molar-refractivity contribution >= 4 is 33.1 Å². The Hall–Kier alpha value is -3.29. The summed E-state index contributed by atoms with van der Waals surface area (Å²) in [6, 6.07) is 6.43. The molecule has 7 nitrogen and oxygen atoms in total. The van der Waals surface area contributed by atoms with Crippen molar-refractivity contribution in [3.63, 3.8) is 0 Å². The maximum Gasteiger partial charge on any atom is 0.516 e. The van der Waals surface area contributed by atoms with E-state index in [9.17, 15) is 39.6 Å². The van der Waals surface area contributed by atoms with E-state index in [-0.39, 0.29) is 17.0 Å². The smallest absolute Gasteiger partial charge is 0.307 e. The van der Waals surface area contributed by atoms with Crippen LogP contribution in [0.3, 0.4) is 0 Å². The van der Waals surface area contributed by atoms with E-state index in [1.165, 1.54) is 23.8 Å². The van der Waals surface area contributed by atoms with E-state index in [0.717, 1.165) is 30.3 Å². The predicted octanol–water partition coefficient (Wildman–Crippen LogP) is 4.82. The van der Waals surface area contributed by atoms with Gasteiger partial charge in [0.05, 0.1) is 17.0 Å². The molecule has 0 unspecified atom stereocenters. The summed E-state index contributed by atoms with van der Waals surface area (Å²) in [7, 11) is -5.69. The lowest BCUT2D eigenvalue weighted by molar-refractivity contribution is -0.137. The largest absolute Gasteiger partial charge is 0.516 e. The van der Waals surface area contributed by atoms with E-state index in [0.29, 0.717) is 5.56 Å². The van der Waals surface area contributed by atoms with Crippen molar-refractivity contribution in [3.05, 3.63) is 59.2 Å². The van der Waals surface area contributed by atoms with Crippen molar-refractivity contribution in [3.8, 4) is 0 Å². The number of amides is 2. The predicted molar refractivity (Wildman–Crippen MR) is 106 cm³/mol. The molecule has 0 atom stereocenters. The second-order valence-electron chi connectivity index (χ2n) is 6.44. The monoisotopic (exact) mass is 482 g/mol. The number of carbonyl (C=O) groups is 1. The Balaban J connectivity index is 2.17. The van der Waals surface area contributed by atoms with E-state index in [1.807, 2.05) is 5.43 Å². The Morgan fingerprint density at radius 1 is 0.969 bits per heavy atom. The number of anilines is 2. The lowest BCUT2D eigenvalue weighted by atomic mass is 10.1. The fraction of sp³-hybridized carbons (Fsp3) is 0.222. The van der Waals surface area contributed by atoms with Gasteiger partial charge in [-0.1, -0.05) is 11.6 Å². The number of hydrogen-bond donors (Lipinski definition) is 3. The second-order valence-corrected chi connectivity index (χ2v) is 8.11. The molecule has 0 heterocycles. The molecular formula is C18H16F6N4O3S. The molecule has 0 aliphatic heterocycles. The summed E-state index contributed by atoms with van der Waals surface area (Å²) in [6.07, 6.45) is -4.54. The number of halogens is 6. The van der Waals surface area contributed by atoms with Crippen LogP contribution in [0.1, 0.15) is 23.6 Å². The van der Waals surface area contributed by atoms with Crippen LogP contribution in [-0.4, -0.2) is 25.7 Å². The van der Waals surface area contributed by atoms with Gasteiger partial charge in [-0.05, 0) is 50.2 Å². The molecule has 2 aromatic carbocycles. The third-order valence-electron chi connectivity index (χ3n) is 3.91. The number of sulfonamides is 1. The van der Waals surface area contributed by atoms with Gasteiger partial charge in [0.25, 0.3) is 0 Å². The van der Waals surface area contributed by atoms with Crippen LogP contribution in [0.15, 0.2) is 47.6 Å². The molecule has 0 spiro atoms. The Morgan fingerprint density at radius 3 is 2.09 bits per heavy atom. The molecule has 2 amide bonds. The van der Waals surface area contributed by atoms with E-state index in [2.05, 4.69) is 10.4 Å². The first-order valence-electron chi connectivity index (χ1n) is 8.59. The summed E-state index contributed by atoms with van der Waals surface area (Å²) in [4.78, 5) is 11.9. The van der Waals surface area contributed by atoms with Crippen molar-refractivity contribution in [2.45, 2.75) is 25.5 Å². The number of nitrogens with one attached hydrogen (secondary N) is 3. The van der Waals surface area contributed by atoms with Gasteiger partial charge in [-0.2, -0.15) is 39.9 Å². The van der Waals surface area contributed by atoms with Gasteiger partial charge >= 0.3 is 27.7 Å². The first-order valence-corrected chi connectivity index (χ1v) is 10.1. The molecule has 0 aliphatic carbocycles. The average Bonchev–Trinajstić information content (AvgIpc) is 2.66. The molecule has 0 radical (unpaired) electrons. The highest BCUT2D eigenvalue weighted by molar-refractivity contribution is 7.93. The minimum atomic E-state index is -5.69. The minimum absolute atomic E-state index is 0.0255. The summed E-state index contributed by atoms with van der Waals surface area (Å²) in [5, 5.41) is 5.93. The number of hydrogen-bond acceptors (Lipinski definition) is 4. The number of urea groups is 1. The van der Waals surface area contributed by atoms with Gasteiger partial charge in [0.1, 0.15) is 0 Å². The lowest BCUT2D eigenvalue weighted by Gasteiger charge is -2.15. The van der Waals surface area contributed by atoms with Crippen LogP contribution in [0, 0.1) is 6.92 Å². The fourth-order valence-corrected chi connectivity index (χ4v) is 2.93. The van der Waals surface area contributed by atoms with Crippen LogP contribution >= 0.6 is 0 Å². The Morgan fingerprint density at radius 2 is 1.56 bits per heavy atom. The van der Waals surface area contributed by atoms with Gasteiger partial charge in [0, 0.05) is 11.3 Å². The topological polar surface area (TPSA) is 99.7 Å². The zero-order valence-corrected chi connectivity index (χ0v) is 17.2. The molecule has 0 aromatic heterocycles. The van der Waals surface area contributed by atoms with Gasteiger partial charge in [-0.15, -0.1) is 0 Å². The van der Waals surface area contributed by atoms with Crippen LogP contribution in [-0.2, 0) is 16.2 Å². The average molecular weight is 482 g/mol. The van der Waals surface area contributed by atoms with Crippen molar-refractivity contribution in [1.29, 1.82) is 0 Å². The zero-order valence-electron chi connectivity index (χ0n) is 16.4. The van der Waals surface area contributed by atoms with Crippen LogP contribution in [0.2, 0.25) is 0 Å². The van der Waals surface area contributed by atoms with Gasteiger partial charge in [0.15, 0.2) is 0 Å². The van der Waals surface area contributed by atoms with E-state index >= 15 is 0 Å². The minimum Gasteiger partial charge on any atom is -0.307 e. The normalized spacial score (nSPS) is 12.9. The number of nitrogens with zero attached hydrogens (tertiary/aromatic N) is 1. The number of rotatable bonds is 5. The van der Waals surface area contributed by atoms with Gasteiger partial charge in [-0.3, -0.25) is 4.72 Å². The molecule has 0 aliphatic rings. The molecular weight excluding hydrogens is 466 g/mol. The standard InChI is InChI=1S/C18H16F6N4O3S/c1-10-3-8-15(28-32(30,31)18(22,23)24)14(9-10)11(2)26-27-16(29)25-13-6-4-12(5-7-13)17(19,20)21/h3-9,28H,1-2H3,(H2,25,27,29)/b26-11+. The maximum atomic E-state index is 12.7. The van der Waals surface area contributed by atoms with E-state index < -0.39 is 39.0 Å². The van der Waals surface area contributed by atoms with Crippen molar-refractivity contribution in [1.82, 2.24) is 5.43 Å². The number of hydrazone groups is 1. The number of aryl methyl sites for hydroxylation is 1. The molecule has 0 saturated carbocycles. The number of carbonyl (C=O) groups excluding carboxylic acids is 1. The molecule has 2 rings (SSSR count). The highest BCUT2D eigenvalue weighted by Gasteiger charge is 2.46. The van der Waals surface area contributed by atoms with Gasteiger partial charge in [0.2, 0.25) is 0 Å². The van der Waals surface area contributed by atoms with Crippen molar-refractivity contribution in [2.24, 2.45) is 5.10 Å². The Labute approximate surface area is 178 Å². The second kappa shape index (κ2) is 9.06. The first kappa shape index (κ1) is 25.0. The van der Waals surface area contributed by atoms with Gasteiger partial charge < -0.3 is 5.32 Å². The SMILES string of the molecule is C/C(=N\NC(=O)Nc1ccc(C(F)(F)F)cc1)c1cc(C)ccc1NS(=O)(=O)C(F)(F)F. The summed E-state index contributed by atoms with van der Waals surface area (Å²) in [5.41, 5.74) is -4.33. The lowest BCUT2D eigenvalue weighted by Crippen LogP contribution is -2.30. The summed E-state index contributed by atoms with van der Waals surface area (Å²) >= 11 is 0.